The first-order valence-corrected chi connectivity index (χ1v) is 8.83. The van der Waals surface area contributed by atoms with Gasteiger partial charge in [-0.3, -0.25) is 4.79 Å². The molecule has 6 N–H and O–H groups in total. The number of carbonyl (C=O) groups is 1. The summed E-state index contributed by atoms with van der Waals surface area (Å²) in [5, 5.41) is 6.93. The van der Waals surface area contributed by atoms with Gasteiger partial charge in [-0.2, -0.15) is 0 Å². The van der Waals surface area contributed by atoms with Crippen molar-refractivity contribution in [2.45, 2.75) is 44.7 Å². The molecule has 1 amide bonds. The minimum atomic E-state index is -0.319. The predicted molar refractivity (Wildman–Crippen MR) is 103 cm³/mol. The number of nitrogens with zero attached hydrogens (tertiary/aromatic N) is 3. The summed E-state index contributed by atoms with van der Waals surface area (Å²) in [5.74, 6) is 0.554. The zero-order chi connectivity index (χ0) is 18.7. The van der Waals surface area contributed by atoms with Crippen LogP contribution in [0.2, 0.25) is 0 Å². The predicted octanol–water partition coefficient (Wildman–Crippen LogP) is 1.29. The number of rotatable bonds is 4. The number of amides is 1. The fraction of sp³-hybridized carbons (Fsp3) is 0.444. The van der Waals surface area contributed by atoms with E-state index in [2.05, 4.69) is 25.6 Å². The Hall–Kier alpha value is -2.90. The van der Waals surface area contributed by atoms with Crippen LogP contribution in [0.15, 0.2) is 23.2 Å². The van der Waals surface area contributed by atoms with E-state index in [9.17, 15) is 4.79 Å². The van der Waals surface area contributed by atoms with Gasteiger partial charge in [0.15, 0.2) is 5.96 Å². The third kappa shape index (κ3) is 3.84. The highest BCUT2D eigenvalue weighted by Gasteiger charge is 2.26. The van der Waals surface area contributed by atoms with E-state index < -0.39 is 0 Å². The fourth-order valence-electron chi connectivity index (χ4n) is 3.37. The van der Waals surface area contributed by atoms with Crippen molar-refractivity contribution in [3.63, 3.8) is 0 Å². The van der Waals surface area contributed by atoms with Crippen LogP contribution in [-0.2, 0) is 0 Å². The molecule has 1 fully saturated rings. The molecule has 0 aliphatic heterocycles. The molecule has 1 aromatic carbocycles. The molecule has 1 aliphatic carbocycles. The topological polar surface area (TPSA) is 131 Å². The third-order valence-electron chi connectivity index (χ3n) is 4.65. The van der Waals surface area contributed by atoms with E-state index in [1.54, 1.807) is 7.05 Å². The monoisotopic (exact) mass is 355 g/mol. The summed E-state index contributed by atoms with van der Waals surface area (Å²) in [6.07, 6.45) is 4.04. The van der Waals surface area contributed by atoms with Crippen molar-refractivity contribution in [1.29, 1.82) is 0 Å². The van der Waals surface area contributed by atoms with Crippen molar-refractivity contribution in [2.75, 3.05) is 12.4 Å². The van der Waals surface area contributed by atoms with Crippen molar-refractivity contribution in [3.8, 4) is 0 Å². The van der Waals surface area contributed by atoms with Gasteiger partial charge in [0, 0.05) is 12.4 Å². The number of fused-ring (bicyclic) bond motifs is 1. The maximum absolute atomic E-state index is 12.1. The summed E-state index contributed by atoms with van der Waals surface area (Å²) < 4.78 is 0. The lowest BCUT2D eigenvalue weighted by atomic mass is 9.90. The van der Waals surface area contributed by atoms with Crippen LogP contribution in [0.3, 0.4) is 0 Å². The molecule has 1 saturated carbocycles. The van der Waals surface area contributed by atoms with E-state index >= 15 is 0 Å². The van der Waals surface area contributed by atoms with E-state index in [0.29, 0.717) is 5.82 Å². The molecule has 1 heterocycles. The van der Waals surface area contributed by atoms with Gasteiger partial charge >= 0.3 is 0 Å². The molecular weight excluding hydrogens is 330 g/mol. The Bertz CT molecular complexity index is 845. The van der Waals surface area contributed by atoms with E-state index in [0.717, 1.165) is 42.1 Å². The highest BCUT2D eigenvalue weighted by atomic mass is 16.2. The average Bonchev–Trinajstić information content (AvgIpc) is 2.62. The Labute approximate surface area is 152 Å². The standard InChI is InChI=1S/C18H25N7O/c1-10-7-8-12-11(9-10)15(25-16(22-12)17(26)21-2)23-13-5-3-4-6-14(13)24-18(19)20/h7-9,13-14H,3-6H2,1-2H3,(H,21,26)(H4,19,20,24)(H,22,23,25)/t13-,14+/m0/s1. The first kappa shape index (κ1) is 17.9. The Balaban J connectivity index is 2.02. The minimum Gasteiger partial charge on any atom is -0.370 e. The van der Waals surface area contributed by atoms with Gasteiger partial charge in [0.1, 0.15) is 5.82 Å². The Morgan fingerprint density at radius 2 is 2.00 bits per heavy atom. The average molecular weight is 355 g/mol. The van der Waals surface area contributed by atoms with Gasteiger partial charge in [0.2, 0.25) is 5.82 Å². The van der Waals surface area contributed by atoms with Gasteiger partial charge in [-0.1, -0.05) is 24.5 Å². The summed E-state index contributed by atoms with van der Waals surface area (Å²) >= 11 is 0. The van der Waals surface area contributed by atoms with Crippen LogP contribution in [0.4, 0.5) is 5.82 Å². The Kier molecular flexibility index (Phi) is 5.20. The first-order valence-electron chi connectivity index (χ1n) is 8.83. The van der Waals surface area contributed by atoms with Crippen LogP contribution in [0.1, 0.15) is 41.9 Å². The smallest absolute Gasteiger partial charge is 0.288 e. The molecule has 0 spiro atoms. The molecule has 2 aromatic rings. The Morgan fingerprint density at radius 3 is 2.73 bits per heavy atom. The van der Waals surface area contributed by atoms with Crippen LogP contribution in [0, 0.1) is 6.92 Å². The molecule has 0 saturated heterocycles. The molecule has 138 valence electrons. The largest absolute Gasteiger partial charge is 0.370 e. The van der Waals surface area contributed by atoms with Gasteiger partial charge in [0.25, 0.3) is 5.91 Å². The molecule has 0 radical (unpaired) electrons. The molecule has 0 bridgehead atoms. The minimum absolute atomic E-state index is 0.00738. The summed E-state index contributed by atoms with van der Waals surface area (Å²) in [5.41, 5.74) is 13.0. The van der Waals surface area contributed by atoms with E-state index in [-0.39, 0.29) is 29.8 Å². The van der Waals surface area contributed by atoms with Gasteiger partial charge in [-0.15, -0.1) is 0 Å². The van der Waals surface area contributed by atoms with Crippen molar-refractivity contribution in [1.82, 2.24) is 15.3 Å². The normalized spacial score (nSPS) is 19.8. The lowest BCUT2D eigenvalue weighted by Crippen LogP contribution is -2.38. The van der Waals surface area contributed by atoms with Crippen LogP contribution >= 0.6 is 0 Å². The second-order valence-corrected chi connectivity index (χ2v) is 6.65. The van der Waals surface area contributed by atoms with Crippen molar-refractivity contribution in [3.05, 3.63) is 29.6 Å². The maximum atomic E-state index is 12.1. The molecule has 26 heavy (non-hydrogen) atoms. The second-order valence-electron chi connectivity index (χ2n) is 6.65. The number of anilines is 1. The van der Waals surface area contributed by atoms with E-state index in [1.807, 2.05) is 25.1 Å². The zero-order valence-electron chi connectivity index (χ0n) is 15.1. The number of hydrogen-bond donors (Lipinski definition) is 4. The Morgan fingerprint density at radius 1 is 1.23 bits per heavy atom. The SMILES string of the molecule is CNC(=O)c1nc(N[C@H]2CCCC[C@H]2N=C(N)N)c2cc(C)ccc2n1. The highest BCUT2D eigenvalue weighted by Crippen LogP contribution is 2.28. The van der Waals surface area contributed by atoms with Crippen molar-refractivity contribution < 1.29 is 4.79 Å². The molecule has 8 heteroatoms. The van der Waals surface area contributed by atoms with Crippen LogP contribution in [0.25, 0.3) is 10.9 Å². The first-order chi connectivity index (χ1) is 12.5. The van der Waals surface area contributed by atoms with E-state index in [4.69, 9.17) is 11.5 Å². The summed E-state index contributed by atoms with van der Waals surface area (Å²) in [6.45, 7) is 2.01. The summed E-state index contributed by atoms with van der Waals surface area (Å²) in [6, 6.07) is 5.94. The zero-order valence-corrected chi connectivity index (χ0v) is 15.1. The summed E-state index contributed by atoms with van der Waals surface area (Å²) in [7, 11) is 1.56. The van der Waals surface area contributed by atoms with Gasteiger partial charge < -0.3 is 22.1 Å². The molecular formula is C18H25N7O. The van der Waals surface area contributed by atoms with Gasteiger partial charge in [-0.05, 0) is 31.9 Å². The number of hydrogen-bond acceptors (Lipinski definition) is 5. The van der Waals surface area contributed by atoms with Crippen molar-refractivity contribution >= 4 is 28.6 Å². The van der Waals surface area contributed by atoms with Gasteiger partial charge in [0.05, 0.1) is 17.6 Å². The number of benzene rings is 1. The van der Waals surface area contributed by atoms with Crippen LogP contribution in [0.5, 0.6) is 0 Å². The quantitative estimate of drug-likeness (QED) is 0.483. The van der Waals surface area contributed by atoms with E-state index in [1.165, 1.54) is 0 Å². The number of carbonyl (C=O) groups excluding carboxylic acids is 1. The van der Waals surface area contributed by atoms with Crippen molar-refractivity contribution in [2.24, 2.45) is 16.5 Å². The lowest BCUT2D eigenvalue weighted by Gasteiger charge is -2.30. The maximum Gasteiger partial charge on any atom is 0.288 e. The number of aliphatic imine (C=N–C) groups is 1. The lowest BCUT2D eigenvalue weighted by molar-refractivity contribution is 0.0953. The van der Waals surface area contributed by atoms with Crippen LogP contribution < -0.4 is 22.1 Å². The fourth-order valence-corrected chi connectivity index (χ4v) is 3.37. The molecule has 8 nitrogen and oxygen atoms in total. The third-order valence-corrected chi connectivity index (χ3v) is 4.65. The molecule has 3 rings (SSSR count). The molecule has 0 unspecified atom stereocenters. The summed E-state index contributed by atoms with van der Waals surface area (Å²) in [4.78, 5) is 25.3. The highest BCUT2D eigenvalue weighted by molar-refractivity contribution is 5.96. The molecule has 1 aliphatic rings. The number of aryl methyl sites for hydroxylation is 1. The number of nitrogens with one attached hydrogen (secondary N) is 2. The molecule has 2 atom stereocenters. The van der Waals surface area contributed by atoms with Gasteiger partial charge in [-0.25, -0.2) is 15.0 Å². The second kappa shape index (κ2) is 7.55. The van der Waals surface area contributed by atoms with Crippen LogP contribution in [-0.4, -0.2) is 41.0 Å². The molecule has 1 aromatic heterocycles. The number of nitrogens with two attached hydrogens (primary N) is 2. The number of aromatic nitrogens is 2. The number of guanidine groups is 1.